The average Bonchev–Trinajstić information content (AvgIpc) is 2.42. The van der Waals surface area contributed by atoms with E-state index in [1.54, 1.807) is 0 Å². The average molecular weight is 173 g/mol. The van der Waals surface area contributed by atoms with Crippen LogP contribution in [0.1, 0.15) is 6.42 Å². The van der Waals surface area contributed by atoms with Gasteiger partial charge in [-0.15, -0.1) is 0 Å². The number of ether oxygens (including phenoxy) is 1. The third-order valence-electron chi connectivity index (χ3n) is 2.62. The highest BCUT2D eigenvalue weighted by molar-refractivity contribution is 5.78. The molecule has 4 N–H and O–H groups in total. The number of primary amides is 1. The second kappa shape index (κ2) is 2.42. The van der Waals surface area contributed by atoms with E-state index in [9.17, 15) is 15.0 Å². The fourth-order valence-electron chi connectivity index (χ4n) is 2.04. The summed E-state index contributed by atoms with van der Waals surface area (Å²) in [6.45, 7) is 0. The van der Waals surface area contributed by atoms with Crippen LogP contribution in [0, 0.1) is 5.92 Å². The largest absolute Gasteiger partial charge is 0.390 e. The Morgan fingerprint density at radius 2 is 2.17 bits per heavy atom. The van der Waals surface area contributed by atoms with Crippen molar-refractivity contribution in [2.45, 2.75) is 30.8 Å². The molecule has 2 aliphatic heterocycles. The number of aliphatic hydroxyl groups is 2. The number of nitrogens with two attached hydrogens (primary N) is 1. The van der Waals surface area contributed by atoms with Crippen molar-refractivity contribution >= 4 is 5.91 Å². The van der Waals surface area contributed by atoms with Crippen molar-refractivity contribution in [3.63, 3.8) is 0 Å². The van der Waals surface area contributed by atoms with Crippen molar-refractivity contribution in [1.29, 1.82) is 0 Å². The van der Waals surface area contributed by atoms with Crippen molar-refractivity contribution < 1.29 is 19.7 Å². The summed E-state index contributed by atoms with van der Waals surface area (Å²) in [5.41, 5.74) is 5.06. The van der Waals surface area contributed by atoms with E-state index < -0.39 is 36.2 Å². The molecule has 0 spiro atoms. The minimum atomic E-state index is -0.934. The summed E-state index contributed by atoms with van der Waals surface area (Å²) in [5.74, 6) is -1.19. The van der Waals surface area contributed by atoms with Crippen LogP contribution in [0.5, 0.6) is 0 Å². The topological polar surface area (TPSA) is 92.8 Å². The Labute approximate surface area is 69.1 Å². The van der Waals surface area contributed by atoms with Gasteiger partial charge in [0.1, 0.15) is 6.10 Å². The van der Waals surface area contributed by atoms with Gasteiger partial charge in [0.25, 0.3) is 0 Å². The number of amides is 1. The normalized spacial score (nSPS) is 51.3. The Bertz CT molecular complexity index is 217. The lowest BCUT2D eigenvalue weighted by atomic mass is 9.84. The van der Waals surface area contributed by atoms with Crippen LogP contribution < -0.4 is 5.73 Å². The maximum Gasteiger partial charge on any atom is 0.225 e. The molecule has 0 aromatic heterocycles. The van der Waals surface area contributed by atoms with Gasteiger partial charge in [0.15, 0.2) is 0 Å². The van der Waals surface area contributed by atoms with Crippen molar-refractivity contribution in [1.82, 2.24) is 0 Å². The monoisotopic (exact) mass is 173 g/mol. The van der Waals surface area contributed by atoms with Gasteiger partial charge >= 0.3 is 0 Å². The number of aliphatic hydroxyl groups excluding tert-OH is 2. The Morgan fingerprint density at radius 3 is 2.58 bits per heavy atom. The van der Waals surface area contributed by atoms with E-state index in [0.29, 0.717) is 6.42 Å². The summed E-state index contributed by atoms with van der Waals surface area (Å²) in [4.78, 5) is 10.8. The zero-order valence-corrected chi connectivity index (χ0v) is 6.38. The highest BCUT2D eigenvalue weighted by Crippen LogP contribution is 2.38. The molecule has 2 fully saturated rings. The zero-order valence-electron chi connectivity index (χ0n) is 6.38. The molecular formula is C7H11NO4. The smallest absolute Gasteiger partial charge is 0.225 e. The highest BCUT2D eigenvalue weighted by atomic mass is 16.5. The minimum Gasteiger partial charge on any atom is -0.390 e. The summed E-state index contributed by atoms with van der Waals surface area (Å²) in [6, 6.07) is 0. The molecule has 0 saturated carbocycles. The van der Waals surface area contributed by atoms with Crippen LogP contribution in [0.2, 0.25) is 0 Å². The predicted molar refractivity (Wildman–Crippen MR) is 38.0 cm³/mol. The maximum atomic E-state index is 10.8. The Morgan fingerprint density at radius 1 is 1.50 bits per heavy atom. The summed E-state index contributed by atoms with van der Waals surface area (Å²) < 4.78 is 5.17. The van der Waals surface area contributed by atoms with Crippen LogP contribution in [0.15, 0.2) is 0 Å². The van der Waals surface area contributed by atoms with E-state index in [0.717, 1.165) is 0 Å². The molecule has 0 aromatic carbocycles. The maximum absolute atomic E-state index is 10.8. The number of rotatable bonds is 1. The van der Waals surface area contributed by atoms with Crippen LogP contribution in [0.25, 0.3) is 0 Å². The lowest BCUT2D eigenvalue weighted by molar-refractivity contribution is -0.126. The molecule has 2 bridgehead atoms. The van der Waals surface area contributed by atoms with Crippen molar-refractivity contribution in [2.75, 3.05) is 0 Å². The number of fused-ring (bicyclic) bond motifs is 2. The van der Waals surface area contributed by atoms with E-state index in [4.69, 9.17) is 10.5 Å². The molecule has 1 amide bonds. The third-order valence-corrected chi connectivity index (χ3v) is 2.62. The summed E-state index contributed by atoms with van der Waals surface area (Å²) in [7, 11) is 0. The molecule has 2 heterocycles. The van der Waals surface area contributed by atoms with Gasteiger partial charge in [-0.05, 0) is 0 Å². The van der Waals surface area contributed by atoms with Crippen LogP contribution in [0.4, 0.5) is 0 Å². The third kappa shape index (κ3) is 0.872. The molecule has 2 rings (SSSR count). The predicted octanol–water partition coefficient (Wildman–Crippen LogP) is -2.02. The van der Waals surface area contributed by atoms with Gasteiger partial charge < -0.3 is 20.7 Å². The molecule has 0 radical (unpaired) electrons. The van der Waals surface area contributed by atoms with Crippen molar-refractivity contribution in [2.24, 2.45) is 11.7 Å². The fraction of sp³-hybridized carbons (Fsp3) is 0.857. The van der Waals surface area contributed by atoms with Crippen LogP contribution in [0.3, 0.4) is 0 Å². The van der Waals surface area contributed by atoms with Crippen molar-refractivity contribution in [3.05, 3.63) is 0 Å². The van der Waals surface area contributed by atoms with Gasteiger partial charge in [0.2, 0.25) is 5.91 Å². The summed E-state index contributed by atoms with van der Waals surface area (Å²) in [5, 5.41) is 18.7. The van der Waals surface area contributed by atoms with Crippen molar-refractivity contribution in [3.8, 4) is 0 Å². The standard InChI is InChI=1S/C7H11NO4/c8-7(11)4-3-1-2(9)6(12-3)5(4)10/h2-6,9-10H,1H2,(H2,8,11). The van der Waals surface area contributed by atoms with Gasteiger partial charge in [0.05, 0.1) is 24.2 Å². The molecular weight excluding hydrogens is 162 g/mol. The van der Waals surface area contributed by atoms with Gasteiger partial charge in [-0.3, -0.25) is 4.79 Å². The molecule has 2 saturated heterocycles. The molecule has 0 aliphatic carbocycles. The number of carbonyl (C=O) groups is 1. The lowest BCUT2D eigenvalue weighted by Gasteiger charge is -2.23. The second-order valence-electron chi connectivity index (χ2n) is 3.36. The van der Waals surface area contributed by atoms with Gasteiger partial charge in [-0.2, -0.15) is 0 Å². The van der Waals surface area contributed by atoms with Crippen LogP contribution >= 0.6 is 0 Å². The molecule has 2 aliphatic rings. The summed E-state index contributed by atoms with van der Waals surface area (Å²) in [6.07, 6.45) is -2.20. The van der Waals surface area contributed by atoms with Gasteiger partial charge in [-0.25, -0.2) is 0 Å². The quantitative estimate of drug-likeness (QED) is 0.427. The van der Waals surface area contributed by atoms with E-state index in [1.165, 1.54) is 0 Å². The molecule has 0 aromatic rings. The van der Waals surface area contributed by atoms with E-state index in [1.807, 2.05) is 0 Å². The molecule has 12 heavy (non-hydrogen) atoms. The summed E-state index contributed by atoms with van der Waals surface area (Å²) >= 11 is 0. The number of hydrogen-bond donors (Lipinski definition) is 3. The number of hydrogen-bond acceptors (Lipinski definition) is 4. The second-order valence-corrected chi connectivity index (χ2v) is 3.36. The molecule has 5 heteroatoms. The van der Waals surface area contributed by atoms with Crippen LogP contribution in [-0.2, 0) is 9.53 Å². The fourth-order valence-corrected chi connectivity index (χ4v) is 2.04. The number of carbonyl (C=O) groups excluding carboxylic acids is 1. The van der Waals surface area contributed by atoms with Crippen LogP contribution in [-0.4, -0.2) is 40.5 Å². The minimum absolute atomic E-state index is 0.391. The molecule has 5 nitrogen and oxygen atoms in total. The van der Waals surface area contributed by atoms with E-state index in [2.05, 4.69) is 0 Å². The van der Waals surface area contributed by atoms with Gasteiger partial charge in [-0.1, -0.05) is 0 Å². The Hall–Kier alpha value is -0.650. The first-order chi connectivity index (χ1) is 5.61. The molecule has 68 valence electrons. The molecule has 5 atom stereocenters. The molecule has 5 unspecified atom stereocenters. The Balaban J connectivity index is 2.18. The Kier molecular flexibility index (Phi) is 1.61. The first-order valence-corrected chi connectivity index (χ1v) is 3.92. The SMILES string of the molecule is NC(=O)C1C2CC(O)C(O2)C1O. The highest BCUT2D eigenvalue weighted by Gasteiger charge is 2.55. The van der Waals surface area contributed by atoms with E-state index >= 15 is 0 Å². The van der Waals surface area contributed by atoms with E-state index in [-0.39, 0.29) is 0 Å². The first-order valence-electron chi connectivity index (χ1n) is 3.92. The first kappa shape index (κ1) is 7.97. The van der Waals surface area contributed by atoms with Gasteiger partial charge in [0, 0.05) is 6.42 Å². The zero-order chi connectivity index (χ0) is 8.88. The lowest BCUT2D eigenvalue weighted by Crippen LogP contribution is -2.46.